The van der Waals surface area contributed by atoms with Crippen molar-refractivity contribution in [2.75, 3.05) is 26.7 Å². The van der Waals surface area contributed by atoms with Gasteiger partial charge in [0.1, 0.15) is 0 Å². The van der Waals surface area contributed by atoms with E-state index in [1.807, 2.05) is 0 Å². The van der Waals surface area contributed by atoms with Gasteiger partial charge in [0.05, 0.1) is 0 Å². The molecule has 1 saturated heterocycles. The zero-order valence-corrected chi connectivity index (χ0v) is 12.5. The van der Waals surface area contributed by atoms with E-state index in [9.17, 15) is 0 Å². The molecule has 0 amide bonds. The van der Waals surface area contributed by atoms with Crippen LogP contribution in [0.15, 0.2) is 0 Å². The summed E-state index contributed by atoms with van der Waals surface area (Å²) in [6.07, 6.45) is 4.21. The lowest BCUT2D eigenvalue weighted by Crippen LogP contribution is -2.45. The second-order valence-corrected chi connectivity index (χ2v) is 6.34. The van der Waals surface area contributed by atoms with Crippen molar-refractivity contribution in [3.05, 3.63) is 0 Å². The molecule has 0 radical (unpaired) electrons. The summed E-state index contributed by atoms with van der Waals surface area (Å²) in [5.74, 6) is 2.55. The van der Waals surface area contributed by atoms with Crippen LogP contribution < -0.4 is 5.32 Å². The summed E-state index contributed by atoms with van der Waals surface area (Å²) in [6.45, 7) is 13.2. The Labute approximate surface area is 108 Å². The van der Waals surface area contributed by atoms with Crippen molar-refractivity contribution in [3.63, 3.8) is 0 Å². The van der Waals surface area contributed by atoms with Crippen LogP contribution in [0.5, 0.6) is 0 Å². The molecule has 0 bridgehead atoms. The van der Waals surface area contributed by atoms with Crippen LogP contribution in [-0.2, 0) is 0 Å². The van der Waals surface area contributed by atoms with Crippen LogP contribution in [-0.4, -0.2) is 37.6 Å². The molecule has 1 rings (SSSR count). The quantitative estimate of drug-likeness (QED) is 0.795. The van der Waals surface area contributed by atoms with Gasteiger partial charge in [-0.2, -0.15) is 0 Å². The molecule has 1 heterocycles. The largest absolute Gasteiger partial charge is 0.318 e. The zero-order valence-electron chi connectivity index (χ0n) is 12.5. The highest BCUT2D eigenvalue weighted by atomic mass is 15.2. The minimum absolute atomic E-state index is 0.714. The van der Waals surface area contributed by atoms with Gasteiger partial charge in [0.25, 0.3) is 0 Å². The molecule has 0 aromatic rings. The zero-order chi connectivity index (χ0) is 12.8. The first kappa shape index (κ1) is 15.0. The Morgan fingerprint density at radius 2 is 1.82 bits per heavy atom. The third kappa shape index (κ3) is 4.59. The molecule has 2 atom stereocenters. The summed E-state index contributed by atoms with van der Waals surface area (Å²) in [5, 5.41) is 3.36. The van der Waals surface area contributed by atoms with Crippen molar-refractivity contribution in [1.29, 1.82) is 0 Å². The molecule has 0 saturated carbocycles. The smallest absolute Gasteiger partial charge is 0.0243 e. The third-order valence-corrected chi connectivity index (χ3v) is 4.40. The molecule has 102 valence electrons. The molecule has 0 spiro atoms. The highest BCUT2D eigenvalue weighted by Gasteiger charge is 2.25. The maximum absolute atomic E-state index is 3.36. The predicted molar refractivity (Wildman–Crippen MR) is 76.3 cm³/mol. The lowest BCUT2D eigenvalue weighted by atomic mass is 9.89. The van der Waals surface area contributed by atoms with Gasteiger partial charge in [0, 0.05) is 12.6 Å². The molecule has 1 aliphatic rings. The van der Waals surface area contributed by atoms with Crippen LogP contribution in [0.25, 0.3) is 0 Å². The molecule has 0 aromatic heterocycles. The van der Waals surface area contributed by atoms with E-state index in [4.69, 9.17) is 0 Å². The van der Waals surface area contributed by atoms with Crippen molar-refractivity contribution in [2.24, 2.45) is 17.8 Å². The highest BCUT2D eigenvalue weighted by Crippen LogP contribution is 2.26. The number of likely N-dealkylation sites (N-methyl/N-ethyl adjacent to an activating group) is 1. The molecule has 1 aliphatic heterocycles. The lowest BCUT2D eigenvalue weighted by Gasteiger charge is -2.33. The SMILES string of the molecule is CNCC(C(C)C)N1CCCC(C(C)C)CC1. The summed E-state index contributed by atoms with van der Waals surface area (Å²) in [5.41, 5.74) is 0. The van der Waals surface area contributed by atoms with E-state index < -0.39 is 0 Å². The number of likely N-dealkylation sites (tertiary alicyclic amines) is 1. The first-order chi connectivity index (χ1) is 8.06. The number of hydrogen-bond acceptors (Lipinski definition) is 2. The molecular weight excluding hydrogens is 208 g/mol. The van der Waals surface area contributed by atoms with E-state index in [-0.39, 0.29) is 0 Å². The molecule has 1 fully saturated rings. The molecule has 0 aliphatic carbocycles. The van der Waals surface area contributed by atoms with E-state index in [1.165, 1.54) is 32.4 Å². The molecule has 2 heteroatoms. The summed E-state index contributed by atoms with van der Waals surface area (Å²) in [7, 11) is 2.07. The molecular formula is C15H32N2. The van der Waals surface area contributed by atoms with Crippen LogP contribution in [0.3, 0.4) is 0 Å². The number of nitrogens with zero attached hydrogens (tertiary/aromatic N) is 1. The second kappa shape index (κ2) is 7.38. The van der Waals surface area contributed by atoms with Crippen LogP contribution >= 0.6 is 0 Å². The van der Waals surface area contributed by atoms with Gasteiger partial charge in [-0.1, -0.05) is 27.7 Å². The Morgan fingerprint density at radius 3 is 2.35 bits per heavy atom. The van der Waals surface area contributed by atoms with Gasteiger partial charge in [-0.05, 0) is 57.2 Å². The Morgan fingerprint density at radius 1 is 1.12 bits per heavy atom. The normalized spacial score (nSPS) is 25.2. The topological polar surface area (TPSA) is 15.3 Å². The number of rotatable bonds is 5. The van der Waals surface area contributed by atoms with E-state index in [2.05, 4.69) is 45.0 Å². The summed E-state index contributed by atoms with van der Waals surface area (Å²) < 4.78 is 0. The fourth-order valence-corrected chi connectivity index (χ4v) is 3.14. The second-order valence-electron chi connectivity index (χ2n) is 6.34. The molecule has 17 heavy (non-hydrogen) atoms. The average molecular weight is 240 g/mol. The van der Waals surface area contributed by atoms with Gasteiger partial charge < -0.3 is 5.32 Å². The van der Waals surface area contributed by atoms with Crippen molar-refractivity contribution in [1.82, 2.24) is 10.2 Å². The minimum Gasteiger partial charge on any atom is -0.318 e. The number of nitrogens with one attached hydrogen (secondary N) is 1. The number of hydrogen-bond donors (Lipinski definition) is 1. The minimum atomic E-state index is 0.714. The summed E-state index contributed by atoms with van der Waals surface area (Å²) in [4.78, 5) is 2.73. The van der Waals surface area contributed by atoms with E-state index in [0.717, 1.165) is 24.3 Å². The summed E-state index contributed by atoms with van der Waals surface area (Å²) in [6, 6.07) is 0.714. The Balaban J connectivity index is 2.53. The van der Waals surface area contributed by atoms with E-state index in [1.54, 1.807) is 0 Å². The average Bonchev–Trinajstić information content (AvgIpc) is 2.50. The Hall–Kier alpha value is -0.0800. The third-order valence-electron chi connectivity index (χ3n) is 4.40. The first-order valence-corrected chi connectivity index (χ1v) is 7.45. The van der Waals surface area contributed by atoms with Crippen LogP contribution in [0.1, 0.15) is 47.0 Å². The Kier molecular flexibility index (Phi) is 6.50. The fraction of sp³-hybridized carbons (Fsp3) is 1.00. The maximum Gasteiger partial charge on any atom is 0.0243 e. The van der Waals surface area contributed by atoms with Crippen molar-refractivity contribution in [3.8, 4) is 0 Å². The first-order valence-electron chi connectivity index (χ1n) is 7.45. The predicted octanol–water partition coefficient (Wildman–Crippen LogP) is 2.99. The van der Waals surface area contributed by atoms with Gasteiger partial charge in [0.15, 0.2) is 0 Å². The van der Waals surface area contributed by atoms with E-state index >= 15 is 0 Å². The van der Waals surface area contributed by atoms with Gasteiger partial charge in [-0.25, -0.2) is 0 Å². The fourth-order valence-electron chi connectivity index (χ4n) is 3.14. The summed E-state index contributed by atoms with van der Waals surface area (Å²) >= 11 is 0. The molecule has 1 N–H and O–H groups in total. The lowest BCUT2D eigenvalue weighted by molar-refractivity contribution is 0.155. The maximum atomic E-state index is 3.36. The standard InChI is InChI=1S/C15H32N2/c1-12(2)14-7-6-9-17(10-8-14)15(11-16-5)13(3)4/h12-16H,6-11H2,1-5H3. The van der Waals surface area contributed by atoms with E-state index in [0.29, 0.717) is 6.04 Å². The van der Waals surface area contributed by atoms with Crippen molar-refractivity contribution >= 4 is 0 Å². The van der Waals surface area contributed by atoms with Crippen molar-refractivity contribution in [2.45, 2.75) is 53.0 Å². The van der Waals surface area contributed by atoms with Crippen LogP contribution in [0.4, 0.5) is 0 Å². The van der Waals surface area contributed by atoms with Gasteiger partial charge in [-0.15, -0.1) is 0 Å². The van der Waals surface area contributed by atoms with Gasteiger partial charge in [0.2, 0.25) is 0 Å². The van der Waals surface area contributed by atoms with Gasteiger partial charge in [-0.3, -0.25) is 4.90 Å². The van der Waals surface area contributed by atoms with Gasteiger partial charge >= 0.3 is 0 Å². The monoisotopic (exact) mass is 240 g/mol. The Bertz CT molecular complexity index is 201. The highest BCUT2D eigenvalue weighted by molar-refractivity contribution is 4.80. The van der Waals surface area contributed by atoms with Crippen LogP contribution in [0.2, 0.25) is 0 Å². The van der Waals surface area contributed by atoms with Crippen LogP contribution in [0, 0.1) is 17.8 Å². The van der Waals surface area contributed by atoms with Crippen molar-refractivity contribution < 1.29 is 0 Å². The molecule has 2 nitrogen and oxygen atoms in total. The molecule has 0 aromatic carbocycles. The molecule has 2 unspecified atom stereocenters.